The van der Waals surface area contributed by atoms with Crippen LogP contribution in [0.2, 0.25) is 5.02 Å². The van der Waals surface area contributed by atoms with Gasteiger partial charge in [-0.25, -0.2) is 0 Å². The first-order valence-electron chi connectivity index (χ1n) is 8.71. The van der Waals surface area contributed by atoms with E-state index in [4.69, 9.17) is 16.3 Å². The van der Waals surface area contributed by atoms with Crippen molar-refractivity contribution in [2.75, 3.05) is 25.0 Å². The lowest BCUT2D eigenvalue weighted by Gasteiger charge is -2.32. The Labute approximate surface area is 153 Å². The molecular formula is C20H23ClN2O2. The molecule has 1 fully saturated rings. The predicted molar refractivity (Wildman–Crippen MR) is 102 cm³/mol. The minimum absolute atomic E-state index is 0.0877. The Morgan fingerprint density at radius 2 is 1.92 bits per heavy atom. The molecule has 132 valence electrons. The van der Waals surface area contributed by atoms with Crippen molar-refractivity contribution in [3.05, 3.63) is 59.1 Å². The van der Waals surface area contributed by atoms with Gasteiger partial charge in [0.05, 0.1) is 0 Å². The van der Waals surface area contributed by atoms with Gasteiger partial charge in [-0.3, -0.25) is 4.79 Å². The highest BCUT2D eigenvalue weighted by Gasteiger charge is 2.24. The monoisotopic (exact) mass is 358 g/mol. The maximum atomic E-state index is 12.7. The summed E-state index contributed by atoms with van der Waals surface area (Å²) in [6.07, 6.45) is 1.81. The zero-order valence-electron chi connectivity index (χ0n) is 14.4. The first-order chi connectivity index (χ1) is 12.2. The van der Waals surface area contributed by atoms with Gasteiger partial charge < -0.3 is 15.0 Å². The molecule has 25 heavy (non-hydrogen) atoms. The van der Waals surface area contributed by atoms with Crippen molar-refractivity contribution < 1.29 is 9.53 Å². The lowest BCUT2D eigenvalue weighted by atomic mass is 10.1. The molecule has 1 heterocycles. The van der Waals surface area contributed by atoms with E-state index in [1.807, 2.05) is 60.4 Å². The number of carbonyl (C=O) groups is 1. The fourth-order valence-electron chi connectivity index (χ4n) is 3.03. The number of halogens is 1. The molecule has 1 N–H and O–H groups in total. The maximum absolute atomic E-state index is 12.7. The summed E-state index contributed by atoms with van der Waals surface area (Å²) < 4.78 is 5.99. The molecule has 0 aromatic heterocycles. The van der Waals surface area contributed by atoms with Crippen LogP contribution >= 0.6 is 11.6 Å². The van der Waals surface area contributed by atoms with E-state index in [2.05, 4.69) is 5.32 Å². The van der Waals surface area contributed by atoms with Crippen LogP contribution in [0.4, 0.5) is 5.69 Å². The summed E-state index contributed by atoms with van der Waals surface area (Å²) in [4.78, 5) is 14.6. The number of anilines is 1. The van der Waals surface area contributed by atoms with Crippen molar-refractivity contribution in [2.24, 2.45) is 0 Å². The topological polar surface area (TPSA) is 41.6 Å². The van der Waals surface area contributed by atoms with Gasteiger partial charge >= 0.3 is 0 Å². The fourth-order valence-corrected chi connectivity index (χ4v) is 3.16. The summed E-state index contributed by atoms with van der Waals surface area (Å²) >= 11 is 5.89. The number of rotatable bonds is 5. The van der Waals surface area contributed by atoms with Crippen molar-refractivity contribution in [3.8, 4) is 5.75 Å². The summed E-state index contributed by atoms with van der Waals surface area (Å²) in [5, 5.41) is 3.95. The summed E-state index contributed by atoms with van der Waals surface area (Å²) in [6, 6.07) is 15.1. The number of benzene rings is 2. The number of piperidine rings is 1. The Morgan fingerprint density at radius 3 is 2.60 bits per heavy atom. The molecule has 1 aliphatic rings. The molecule has 0 spiro atoms. The van der Waals surface area contributed by atoms with E-state index in [1.54, 1.807) is 0 Å². The molecule has 1 aliphatic heterocycles. The van der Waals surface area contributed by atoms with Gasteiger partial charge in [-0.1, -0.05) is 17.7 Å². The first-order valence-corrected chi connectivity index (χ1v) is 9.09. The van der Waals surface area contributed by atoms with E-state index < -0.39 is 0 Å². The van der Waals surface area contributed by atoms with Crippen molar-refractivity contribution >= 4 is 23.2 Å². The molecule has 1 amide bonds. The van der Waals surface area contributed by atoms with E-state index in [0.29, 0.717) is 18.1 Å². The van der Waals surface area contributed by atoms with E-state index in [-0.39, 0.29) is 12.0 Å². The van der Waals surface area contributed by atoms with Crippen LogP contribution in [-0.2, 0) is 0 Å². The fraction of sp³-hybridized carbons (Fsp3) is 0.350. The third kappa shape index (κ3) is 4.67. The second-order valence-corrected chi connectivity index (χ2v) is 6.61. The molecule has 2 aromatic carbocycles. The number of nitrogens with zero attached hydrogens (tertiary/aromatic N) is 1. The minimum Gasteiger partial charge on any atom is -0.490 e. The molecule has 0 unspecified atom stereocenters. The standard InChI is InChI=1S/C20H23ClN2O2/c1-2-22-17-5-3-4-15(14-17)20(24)23-12-10-19(11-13-23)25-18-8-6-16(21)7-9-18/h3-9,14,19,22H,2,10-13H2,1H3. The Hall–Kier alpha value is -2.20. The zero-order chi connectivity index (χ0) is 17.6. The number of carbonyl (C=O) groups excluding carboxylic acids is 1. The highest BCUT2D eigenvalue weighted by Crippen LogP contribution is 2.22. The van der Waals surface area contributed by atoms with Crippen LogP contribution in [0.15, 0.2) is 48.5 Å². The van der Waals surface area contributed by atoms with Crippen LogP contribution in [0.25, 0.3) is 0 Å². The number of ether oxygens (including phenoxy) is 1. The lowest BCUT2D eigenvalue weighted by Crippen LogP contribution is -2.41. The second kappa shape index (κ2) is 8.26. The van der Waals surface area contributed by atoms with Gasteiger partial charge in [-0.05, 0) is 49.4 Å². The van der Waals surface area contributed by atoms with Crippen molar-refractivity contribution in [1.29, 1.82) is 0 Å². The highest BCUT2D eigenvalue weighted by molar-refractivity contribution is 6.30. The first kappa shape index (κ1) is 17.6. The predicted octanol–water partition coefficient (Wildman–Crippen LogP) is 4.46. The number of hydrogen-bond acceptors (Lipinski definition) is 3. The molecule has 2 aromatic rings. The van der Waals surface area contributed by atoms with Gasteiger partial charge in [0, 0.05) is 48.7 Å². The van der Waals surface area contributed by atoms with Crippen molar-refractivity contribution in [1.82, 2.24) is 4.90 Å². The molecule has 4 nitrogen and oxygen atoms in total. The summed E-state index contributed by atoms with van der Waals surface area (Å²) in [6.45, 7) is 4.30. The van der Waals surface area contributed by atoms with Crippen LogP contribution in [0.3, 0.4) is 0 Å². The summed E-state index contributed by atoms with van der Waals surface area (Å²) in [5.41, 5.74) is 1.71. The maximum Gasteiger partial charge on any atom is 0.253 e. The second-order valence-electron chi connectivity index (χ2n) is 6.17. The smallest absolute Gasteiger partial charge is 0.253 e. The van der Waals surface area contributed by atoms with E-state index in [9.17, 15) is 4.79 Å². The highest BCUT2D eigenvalue weighted by atomic mass is 35.5. The Kier molecular flexibility index (Phi) is 5.82. The number of nitrogens with one attached hydrogen (secondary N) is 1. The van der Waals surface area contributed by atoms with Crippen LogP contribution in [0.1, 0.15) is 30.1 Å². The molecule has 3 rings (SSSR count). The van der Waals surface area contributed by atoms with E-state index >= 15 is 0 Å². The molecule has 5 heteroatoms. The van der Waals surface area contributed by atoms with Gasteiger partial charge in [0.1, 0.15) is 11.9 Å². The molecule has 0 bridgehead atoms. The third-order valence-corrected chi connectivity index (χ3v) is 4.59. The Balaban J connectivity index is 1.55. The summed E-state index contributed by atoms with van der Waals surface area (Å²) in [7, 11) is 0. The average Bonchev–Trinajstić information content (AvgIpc) is 2.64. The molecule has 0 atom stereocenters. The van der Waals surface area contributed by atoms with Crippen LogP contribution < -0.4 is 10.1 Å². The number of hydrogen-bond donors (Lipinski definition) is 1. The minimum atomic E-state index is 0.0877. The molecule has 1 saturated heterocycles. The van der Waals surface area contributed by atoms with Crippen LogP contribution in [-0.4, -0.2) is 36.5 Å². The largest absolute Gasteiger partial charge is 0.490 e. The van der Waals surface area contributed by atoms with Crippen LogP contribution in [0.5, 0.6) is 5.75 Å². The number of amides is 1. The Bertz CT molecular complexity index is 710. The molecular weight excluding hydrogens is 336 g/mol. The zero-order valence-corrected chi connectivity index (χ0v) is 15.1. The quantitative estimate of drug-likeness (QED) is 0.858. The third-order valence-electron chi connectivity index (χ3n) is 4.34. The van der Waals surface area contributed by atoms with Gasteiger partial charge in [0.2, 0.25) is 0 Å². The van der Waals surface area contributed by atoms with Gasteiger partial charge in [-0.2, -0.15) is 0 Å². The molecule has 0 radical (unpaired) electrons. The molecule has 0 aliphatic carbocycles. The van der Waals surface area contributed by atoms with Gasteiger partial charge in [0.15, 0.2) is 0 Å². The number of likely N-dealkylation sites (tertiary alicyclic amines) is 1. The summed E-state index contributed by atoms with van der Waals surface area (Å²) in [5.74, 6) is 0.914. The Morgan fingerprint density at radius 1 is 1.20 bits per heavy atom. The van der Waals surface area contributed by atoms with Crippen molar-refractivity contribution in [2.45, 2.75) is 25.9 Å². The van der Waals surface area contributed by atoms with Crippen LogP contribution in [0, 0.1) is 0 Å². The van der Waals surface area contributed by atoms with E-state index in [0.717, 1.165) is 36.4 Å². The average molecular weight is 359 g/mol. The van der Waals surface area contributed by atoms with Crippen molar-refractivity contribution in [3.63, 3.8) is 0 Å². The lowest BCUT2D eigenvalue weighted by molar-refractivity contribution is 0.0595. The van der Waals surface area contributed by atoms with Gasteiger partial charge in [0.25, 0.3) is 5.91 Å². The van der Waals surface area contributed by atoms with E-state index in [1.165, 1.54) is 0 Å². The normalized spacial score (nSPS) is 15.0. The SMILES string of the molecule is CCNc1cccc(C(=O)N2CCC(Oc3ccc(Cl)cc3)CC2)c1. The van der Waals surface area contributed by atoms with Gasteiger partial charge in [-0.15, -0.1) is 0 Å². The molecule has 0 saturated carbocycles.